The number of benzene rings is 1. The van der Waals surface area contributed by atoms with Gasteiger partial charge in [0.1, 0.15) is 0 Å². The zero-order chi connectivity index (χ0) is 18.4. The molecule has 0 atom stereocenters. The highest BCUT2D eigenvalue weighted by Crippen LogP contribution is 2.18. The second-order valence-electron chi connectivity index (χ2n) is 7.79. The van der Waals surface area contributed by atoms with Gasteiger partial charge in [0.05, 0.1) is 6.54 Å². The Hall–Kier alpha value is -1.88. The minimum atomic E-state index is -0.000996. The molecule has 3 rings (SSSR count). The third kappa shape index (κ3) is 5.31. The van der Waals surface area contributed by atoms with Crippen LogP contribution >= 0.6 is 0 Å². The van der Waals surface area contributed by atoms with Crippen molar-refractivity contribution >= 4 is 17.5 Å². The minimum absolute atomic E-state index is 0.000996. The number of carbonyl (C=O) groups excluding carboxylic acids is 2. The van der Waals surface area contributed by atoms with Gasteiger partial charge < -0.3 is 10.2 Å². The fourth-order valence-electron chi connectivity index (χ4n) is 3.81. The van der Waals surface area contributed by atoms with Crippen LogP contribution < -0.4 is 5.32 Å². The maximum Gasteiger partial charge on any atom is 0.253 e. The van der Waals surface area contributed by atoms with Crippen molar-refractivity contribution in [2.75, 3.05) is 38.0 Å². The lowest BCUT2D eigenvalue weighted by Crippen LogP contribution is -2.38. The van der Waals surface area contributed by atoms with Crippen LogP contribution in [0.25, 0.3) is 0 Å². The predicted octanol–water partition coefficient (Wildman–Crippen LogP) is 3.37. The molecule has 2 amide bonds. The molecule has 0 bridgehead atoms. The molecule has 2 aliphatic heterocycles. The van der Waals surface area contributed by atoms with Crippen LogP contribution in [0.3, 0.4) is 0 Å². The van der Waals surface area contributed by atoms with Crippen LogP contribution in [0.5, 0.6) is 0 Å². The average molecular weight is 357 g/mol. The van der Waals surface area contributed by atoms with E-state index in [-0.39, 0.29) is 11.8 Å². The summed E-state index contributed by atoms with van der Waals surface area (Å²) in [6, 6.07) is 7.36. The van der Waals surface area contributed by atoms with Gasteiger partial charge in [0.2, 0.25) is 5.91 Å². The van der Waals surface area contributed by atoms with E-state index in [1.54, 1.807) is 0 Å². The van der Waals surface area contributed by atoms with Crippen molar-refractivity contribution < 1.29 is 9.59 Å². The van der Waals surface area contributed by atoms with Crippen molar-refractivity contribution in [2.24, 2.45) is 5.92 Å². The van der Waals surface area contributed by atoms with Gasteiger partial charge in [-0.15, -0.1) is 0 Å². The molecule has 0 unspecified atom stereocenters. The molecule has 2 aliphatic rings. The van der Waals surface area contributed by atoms with Crippen molar-refractivity contribution in [2.45, 2.75) is 45.4 Å². The van der Waals surface area contributed by atoms with Crippen molar-refractivity contribution in [3.05, 3.63) is 29.8 Å². The zero-order valence-corrected chi connectivity index (χ0v) is 15.9. The summed E-state index contributed by atoms with van der Waals surface area (Å²) < 4.78 is 0. The number of amides is 2. The van der Waals surface area contributed by atoms with Gasteiger partial charge in [-0.2, -0.15) is 0 Å². The zero-order valence-electron chi connectivity index (χ0n) is 15.9. The Balaban J connectivity index is 1.56. The molecule has 26 heavy (non-hydrogen) atoms. The lowest BCUT2D eigenvalue weighted by Gasteiger charge is -2.29. The van der Waals surface area contributed by atoms with E-state index in [1.165, 1.54) is 12.8 Å². The van der Waals surface area contributed by atoms with Crippen LogP contribution in [0.4, 0.5) is 5.69 Å². The topological polar surface area (TPSA) is 52.7 Å². The van der Waals surface area contributed by atoms with Crippen LogP contribution in [0, 0.1) is 5.92 Å². The minimum Gasteiger partial charge on any atom is -0.339 e. The molecule has 5 heteroatoms. The van der Waals surface area contributed by atoms with Crippen LogP contribution in [-0.4, -0.2) is 54.3 Å². The maximum atomic E-state index is 12.7. The number of rotatable bonds is 4. The third-order valence-electron chi connectivity index (χ3n) is 5.53. The number of hydrogen-bond acceptors (Lipinski definition) is 3. The second kappa shape index (κ2) is 9.17. The van der Waals surface area contributed by atoms with Crippen LogP contribution in [0.15, 0.2) is 24.3 Å². The molecule has 0 saturated carbocycles. The lowest BCUT2D eigenvalue weighted by molar-refractivity contribution is -0.117. The lowest BCUT2D eigenvalue weighted by atomic mass is 9.99. The molecule has 1 aromatic carbocycles. The monoisotopic (exact) mass is 357 g/mol. The van der Waals surface area contributed by atoms with Crippen molar-refractivity contribution in [3.8, 4) is 0 Å². The molecule has 142 valence electrons. The normalized spacial score (nSPS) is 19.8. The van der Waals surface area contributed by atoms with Gasteiger partial charge >= 0.3 is 0 Å². The van der Waals surface area contributed by atoms with Gasteiger partial charge in [-0.05, 0) is 62.9 Å². The Morgan fingerprint density at radius 3 is 2.42 bits per heavy atom. The Kier molecular flexibility index (Phi) is 6.67. The number of hydrogen-bond donors (Lipinski definition) is 1. The fourth-order valence-corrected chi connectivity index (χ4v) is 3.81. The van der Waals surface area contributed by atoms with E-state index in [9.17, 15) is 9.59 Å². The Bertz CT molecular complexity index is 615. The molecule has 1 N–H and O–H groups in total. The quantitative estimate of drug-likeness (QED) is 0.899. The number of carbonyl (C=O) groups is 2. The summed E-state index contributed by atoms with van der Waals surface area (Å²) in [5.74, 6) is 0.836. The Labute approximate surface area is 156 Å². The second-order valence-corrected chi connectivity index (χ2v) is 7.79. The summed E-state index contributed by atoms with van der Waals surface area (Å²) in [6.45, 7) is 6.34. The number of nitrogens with one attached hydrogen (secondary N) is 1. The first-order valence-corrected chi connectivity index (χ1v) is 10.0. The number of anilines is 1. The molecule has 0 aromatic heterocycles. The van der Waals surface area contributed by atoms with Gasteiger partial charge in [0, 0.05) is 24.3 Å². The summed E-state index contributed by atoms with van der Waals surface area (Å²) in [4.78, 5) is 29.2. The first kappa shape index (κ1) is 18.9. The number of nitrogens with zero attached hydrogens (tertiary/aromatic N) is 2. The van der Waals surface area contributed by atoms with E-state index in [2.05, 4.69) is 17.1 Å². The van der Waals surface area contributed by atoms with Crippen molar-refractivity contribution in [1.29, 1.82) is 0 Å². The summed E-state index contributed by atoms with van der Waals surface area (Å²) in [5.41, 5.74) is 1.37. The van der Waals surface area contributed by atoms with E-state index in [0.717, 1.165) is 57.8 Å². The van der Waals surface area contributed by atoms with E-state index in [1.807, 2.05) is 29.2 Å². The van der Waals surface area contributed by atoms with Crippen LogP contribution in [0.2, 0.25) is 0 Å². The number of piperidine rings is 1. The largest absolute Gasteiger partial charge is 0.339 e. The molecular weight excluding hydrogens is 326 g/mol. The maximum absolute atomic E-state index is 12.7. The van der Waals surface area contributed by atoms with Crippen LogP contribution in [-0.2, 0) is 4.79 Å². The average Bonchev–Trinajstić information content (AvgIpc) is 2.92. The summed E-state index contributed by atoms with van der Waals surface area (Å²) in [7, 11) is 0. The van der Waals surface area contributed by atoms with Gasteiger partial charge in [-0.25, -0.2) is 0 Å². The molecule has 0 aliphatic carbocycles. The summed E-state index contributed by atoms with van der Waals surface area (Å²) in [6.07, 6.45) is 6.89. The molecule has 2 fully saturated rings. The molecule has 2 saturated heterocycles. The molecular formula is C21H31N3O2. The Morgan fingerprint density at radius 2 is 1.73 bits per heavy atom. The highest BCUT2D eigenvalue weighted by molar-refractivity contribution is 5.97. The van der Waals surface area contributed by atoms with E-state index >= 15 is 0 Å². The smallest absolute Gasteiger partial charge is 0.253 e. The van der Waals surface area contributed by atoms with Gasteiger partial charge in [-0.1, -0.05) is 25.8 Å². The van der Waals surface area contributed by atoms with Crippen molar-refractivity contribution in [1.82, 2.24) is 9.80 Å². The van der Waals surface area contributed by atoms with Gasteiger partial charge in [0.15, 0.2) is 0 Å². The van der Waals surface area contributed by atoms with Crippen molar-refractivity contribution in [3.63, 3.8) is 0 Å². The molecule has 5 nitrogen and oxygen atoms in total. The first-order chi connectivity index (χ1) is 12.6. The predicted molar refractivity (Wildman–Crippen MR) is 104 cm³/mol. The number of likely N-dealkylation sites (tertiary alicyclic amines) is 2. The van der Waals surface area contributed by atoms with Gasteiger partial charge in [-0.3, -0.25) is 14.5 Å². The standard InChI is InChI=1S/C21H31N3O2/c1-17-9-13-23(14-10-17)16-20(25)22-19-8-6-7-18(15-19)21(26)24-11-4-2-3-5-12-24/h6-8,15,17H,2-5,9-14,16H2,1H3,(H,22,25). The van der Waals surface area contributed by atoms with E-state index in [0.29, 0.717) is 17.8 Å². The fraction of sp³-hybridized carbons (Fsp3) is 0.619. The molecule has 0 radical (unpaired) electrons. The molecule has 0 spiro atoms. The first-order valence-electron chi connectivity index (χ1n) is 10.0. The SMILES string of the molecule is CC1CCN(CC(=O)Nc2cccc(C(=O)N3CCCCCC3)c2)CC1. The highest BCUT2D eigenvalue weighted by Gasteiger charge is 2.19. The summed E-state index contributed by atoms with van der Waals surface area (Å²) in [5, 5.41) is 2.96. The summed E-state index contributed by atoms with van der Waals surface area (Å²) >= 11 is 0. The third-order valence-corrected chi connectivity index (χ3v) is 5.53. The highest BCUT2D eigenvalue weighted by atomic mass is 16.2. The van der Waals surface area contributed by atoms with E-state index < -0.39 is 0 Å². The van der Waals surface area contributed by atoms with E-state index in [4.69, 9.17) is 0 Å². The van der Waals surface area contributed by atoms with Gasteiger partial charge in [0.25, 0.3) is 5.91 Å². The molecule has 2 heterocycles. The Morgan fingerprint density at radius 1 is 1.04 bits per heavy atom. The van der Waals surface area contributed by atoms with Crippen LogP contribution in [0.1, 0.15) is 55.8 Å². The molecule has 1 aromatic rings.